The van der Waals surface area contributed by atoms with Gasteiger partial charge in [0.05, 0.1) is 0 Å². The number of carbonyl (C=O) groups is 1. The van der Waals surface area contributed by atoms with E-state index < -0.39 is 5.97 Å². The largest absolute Gasteiger partial charge is 0.481 e. The normalized spacial score (nSPS) is 10.4. The van der Waals surface area contributed by atoms with Crippen molar-refractivity contribution in [2.45, 2.75) is 19.8 Å². The van der Waals surface area contributed by atoms with Crippen molar-refractivity contribution in [3.05, 3.63) is 59.4 Å². The number of aliphatic carboxylic acids is 1. The summed E-state index contributed by atoms with van der Waals surface area (Å²) in [6.07, 6.45) is 0.620. The van der Waals surface area contributed by atoms with Gasteiger partial charge in [-0.2, -0.15) is 0 Å². The maximum atomic E-state index is 13.2. The second-order valence-electron chi connectivity index (χ2n) is 4.56. The van der Waals surface area contributed by atoms with Gasteiger partial charge in [0.2, 0.25) is 0 Å². The van der Waals surface area contributed by atoms with Gasteiger partial charge in [0, 0.05) is 6.42 Å². The van der Waals surface area contributed by atoms with E-state index in [4.69, 9.17) is 5.11 Å². The lowest BCUT2D eigenvalue weighted by Crippen LogP contribution is -1.97. The summed E-state index contributed by atoms with van der Waals surface area (Å²) >= 11 is 0. The second kappa shape index (κ2) is 5.65. The average molecular weight is 258 g/mol. The van der Waals surface area contributed by atoms with E-state index >= 15 is 0 Å². The first-order valence-corrected chi connectivity index (χ1v) is 6.13. The van der Waals surface area contributed by atoms with Gasteiger partial charge < -0.3 is 5.11 Å². The summed E-state index contributed by atoms with van der Waals surface area (Å²) in [5, 5.41) is 8.69. The van der Waals surface area contributed by atoms with Crippen LogP contribution in [0.5, 0.6) is 0 Å². The second-order valence-corrected chi connectivity index (χ2v) is 4.56. The first-order chi connectivity index (χ1) is 9.06. The smallest absolute Gasteiger partial charge is 0.303 e. The zero-order chi connectivity index (χ0) is 13.8. The highest BCUT2D eigenvalue weighted by molar-refractivity contribution is 5.68. The SMILES string of the molecule is Cc1cc(-c2cccc(CCC(=O)O)c2)ccc1F. The van der Waals surface area contributed by atoms with Crippen LogP contribution in [0, 0.1) is 12.7 Å². The third kappa shape index (κ3) is 3.41. The highest BCUT2D eigenvalue weighted by Crippen LogP contribution is 2.23. The van der Waals surface area contributed by atoms with Crippen molar-refractivity contribution in [1.29, 1.82) is 0 Å². The number of hydrogen-bond acceptors (Lipinski definition) is 1. The zero-order valence-electron chi connectivity index (χ0n) is 10.7. The lowest BCUT2D eigenvalue weighted by Gasteiger charge is -2.06. The van der Waals surface area contributed by atoms with Gasteiger partial charge in [0.1, 0.15) is 5.82 Å². The molecule has 0 heterocycles. The Morgan fingerprint density at radius 3 is 2.58 bits per heavy atom. The lowest BCUT2D eigenvalue weighted by molar-refractivity contribution is -0.136. The minimum Gasteiger partial charge on any atom is -0.481 e. The van der Waals surface area contributed by atoms with Gasteiger partial charge in [0.15, 0.2) is 0 Å². The lowest BCUT2D eigenvalue weighted by atomic mass is 9.99. The Hall–Kier alpha value is -2.16. The highest BCUT2D eigenvalue weighted by atomic mass is 19.1. The molecule has 98 valence electrons. The van der Waals surface area contributed by atoms with Gasteiger partial charge in [0.25, 0.3) is 0 Å². The summed E-state index contributed by atoms with van der Waals surface area (Å²) in [4.78, 5) is 10.6. The Kier molecular flexibility index (Phi) is 3.95. The number of hydrogen-bond donors (Lipinski definition) is 1. The van der Waals surface area contributed by atoms with Crippen molar-refractivity contribution in [2.75, 3.05) is 0 Å². The Morgan fingerprint density at radius 2 is 1.89 bits per heavy atom. The molecule has 0 atom stereocenters. The summed E-state index contributed by atoms with van der Waals surface area (Å²) in [5.74, 6) is -1.02. The van der Waals surface area contributed by atoms with E-state index in [9.17, 15) is 9.18 Å². The predicted octanol–water partition coefficient (Wildman–Crippen LogP) is 3.82. The summed E-state index contributed by atoms with van der Waals surface area (Å²) in [5.41, 5.74) is 3.50. The van der Waals surface area contributed by atoms with Crippen molar-refractivity contribution in [3.8, 4) is 11.1 Å². The van der Waals surface area contributed by atoms with Crippen LogP contribution in [-0.4, -0.2) is 11.1 Å². The Balaban J connectivity index is 2.27. The van der Waals surface area contributed by atoms with Crippen molar-refractivity contribution in [1.82, 2.24) is 0 Å². The van der Waals surface area contributed by atoms with Gasteiger partial charge in [-0.3, -0.25) is 4.79 Å². The Bertz CT molecular complexity index is 605. The van der Waals surface area contributed by atoms with Gasteiger partial charge >= 0.3 is 5.97 Å². The molecule has 0 spiro atoms. The topological polar surface area (TPSA) is 37.3 Å². The van der Waals surface area contributed by atoms with E-state index in [1.165, 1.54) is 6.07 Å². The Morgan fingerprint density at radius 1 is 1.16 bits per heavy atom. The molecule has 0 aliphatic carbocycles. The molecular formula is C16H15FO2. The summed E-state index contributed by atoms with van der Waals surface area (Å²) in [6.45, 7) is 1.73. The van der Waals surface area contributed by atoms with Crippen LogP contribution in [0.15, 0.2) is 42.5 Å². The van der Waals surface area contributed by atoms with Crippen LogP contribution in [0.1, 0.15) is 17.5 Å². The molecule has 0 fully saturated rings. The van der Waals surface area contributed by atoms with Crippen LogP contribution in [-0.2, 0) is 11.2 Å². The van der Waals surface area contributed by atoms with Crippen molar-refractivity contribution >= 4 is 5.97 Å². The van der Waals surface area contributed by atoms with Crippen LogP contribution >= 0.6 is 0 Å². The maximum absolute atomic E-state index is 13.2. The molecule has 0 amide bonds. The van der Waals surface area contributed by atoms with Gasteiger partial charge in [-0.25, -0.2) is 4.39 Å². The van der Waals surface area contributed by atoms with Crippen LogP contribution < -0.4 is 0 Å². The van der Waals surface area contributed by atoms with E-state index in [0.29, 0.717) is 12.0 Å². The minimum atomic E-state index is -0.803. The molecule has 0 unspecified atom stereocenters. The number of rotatable bonds is 4. The fraction of sp³-hybridized carbons (Fsp3) is 0.188. The van der Waals surface area contributed by atoms with Gasteiger partial charge in [-0.1, -0.05) is 30.3 Å². The number of halogens is 1. The molecule has 0 aliphatic heterocycles. The molecule has 0 saturated carbocycles. The van der Waals surface area contributed by atoms with Crippen molar-refractivity contribution < 1.29 is 14.3 Å². The Labute approximate surface area is 111 Å². The molecule has 3 heteroatoms. The number of carboxylic acids is 1. The molecule has 2 aromatic carbocycles. The van der Waals surface area contributed by atoms with Crippen molar-refractivity contribution in [2.24, 2.45) is 0 Å². The molecule has 0 bridgehead atoms. The number of carboxylic acid groups (broad SMARTS) is 1. The summed E-state index contributed by atoms with van der Waals surface area (Å²) in [7, 11) is 0. The van der Waals surface area contributed by atoms with Crippen LogP contribution in [0.2, 0.25) is 0 Å². The molecule has 2 rings (SSSR count). The van der Waals surface area contributed by atoms with Gasteiger partial charge in [-0.05, 0) is 47.7 Å². The molecule has 2 nitrogen and oxygen atoms in total. The maximum Gasteiger partial charge on any atom is 0.303 e. The first-order valence-electron chi connectivity index (χ1n) is 6.13. The quantitative estimate of drug-likeness (QED) is 0.905. The van der Waals surface area contributed by atoms with E-state index in [1.807, 2.05) is 24.3 Å². The summed E-state index contributed by atoms with van der Waals surface area (Å²) in [6, 6.07) is 12.7. The fourth-order valence-corrected chi connectivity index (χ4v) is 1.98. The summed E-state index contributed by atoms with van der Waals surface area (Å²) < 4.78 is 13.2. The molecule has 19 heavy (non-hydrogen) atoms. The third-order valence-corrected chi connectivity index (χ3v) is 3.05. The number of aryl methyl sites for hydroxylation is 2. The monoisotopic (exact) mass is 258 g/mol. The molecule has 0 aliphatic rings. The zero-order valence-corrected chi connectivity index (χ0v) is 10.7. The van der Waals surface area contributed by atoms with Gasteiger partial charge in [-0.15, -0.1) is 0 Å². The fourth-order valence-electron chi connectivity index (χ4n) is 1.98. The predicted molar refractivity (Wildman–Crippen MR) is 72.5 cm³/mol. The molecule has 1 N–H and O–H groups in total. The molecule has 2 aromatic rings. The molecule has 0 radical (unpaired) electrons. The van der Waals surface area contributed by atoms with E-state index in [-0.39, 0.29) is 12.2 Å². The third-order valence-electron chi connectivity index (χ3n) is 3.05. The number of benzene rings is 2. The average Bonchev–Trinajstić information content (AvgIpc) is 2.40. The molecule has 0 aromatic heterocycles. The van der Waals surface area contributed by atoms with Crippen LogP contribution in [0.3, 0.4) is 0 Å². The van der Waals surface area contributed by atoms with E-state index in [2.05, 4.69) is 0 Å². The molecular weight excluding hydrogens is 243 g/mol. The van der Waals surface area contributed by atoms with E-state index in [1.54, 1.807) is 19.1 Å². The van der Waals surface area contributed by atoms with E-state index in [0.717, 1.165) is 16.7 Å². The first kappa shape index (κ1) is 13.3. The van der Waals surface area contributed by atoms with Crippen molar-refractivity contribution in [3.63, 3.8) is 0 Å². The van der Waals surface area contributed by atoms with Crippen LogP contribution in [0.25, 0.3) is 11.1 Å². The molecule has 0 saturated heterocycles. The minimum absolute atomic E-state index is 0.117. The highest BCUT2D eigenvalue weighted by Gasteiger charge is 2.04. The standard InChI is InChI=1S/C16H15FO2/c1-11-9-14(6-7-15(11)17)13-4-2-3-12(10-13)5-8-16(18)19/h2-4,6-7,9-10H,5,8H2,1H3,(H,18,19). The van der Waals surface area contributed by atoms with Crippen LogP contribution in [0.4, 0.5) is 4.39 Å².